The zero-order valence-corrected chi connectivity index (χ0v) is 13.9. The highest BCUT2D eigenvalue weighted by Crippen LogP contribution is 2.24. The number of ether oxygens (including phenoxy) is 1. The molecule has 6 heteroatoms. The Balaban J connectivity index is 1.54. The predicted molar refractivity (Wildman–Crippen MR) is 86.0 cm³/mol. The Kier molecular flexibility index (Phi) is 4.24. The van der Waals surface area contributed by atoms with Crippen molar-refractivity contribution in [2.24, 2.45) is 5.92 Å². The van der Waals surface area contributed by atoms with Crippen molar-refractivity contribution in [3.8, 4) is 0 Å². The minimum absolute atomic E-state index is 0.219. The maximum atomic E-state index is 12.1. The first kappa shape index (κ1) is 15.8. The molecule has 2 aromatic rings. The molecule has 3 rings (SSSR count). The highest BCUT2D eigenvalue weighted by molar-refractivity contribution is 5.70. The first-order valence-corrected chi connectivity index (χ1v) is 8.08. The minimum Gasteiger partial charge on any atom is -0.444 e. The Bertz CT molecular complexity index is 649. The molecule has 0 aliphatic carbocycles. The van der Waals surface area contributed by atoms with Gasteiger partial charge < -0.3 is 14.1 Å². The maximum absolute atomic E-state index is 12.1. The lowest BCUT2D eigenvalue weighted by Crippen LogP contribution is -2.42. The second-order valence-corrected chi connectivity index (χ2v) is 7.07. The monoisotopic (exact) mass is 317 g/mol. The van der Waals surface area contributed by atoms with E-state index in [0.29, 0.717) is 5.92 Å². The quantitative estimate of drug-likeness (QED) is 0.849. The van der Waals surface area contributed by atoms with Gasteiger partial charge in [-0.2, -0.15) is 0 Å². The van der Waals surface area contributed by atoms with Gasteiger partial charge in [0.05, 0.1) is 6.20 Å². The van der Waals surface area contributed by atoms with Gasteiger partial charge in [-0.3, -0.25) is 4.98 Å². The zero-order chi connectivity index (χ0) is 16.4. The van der Waals surface area contributed by atoms with Crippen LogP contribution in [-0.2, 0) is 11.2 Å². The molecule has 124 valence electrons. The number of likely N-dealkylation sites (tertiary alicyclic amines) is 1. The normalized spacial score (nSPS) is 16.7. The number of rotatable bonds is 2. The van der Waals surface area contributed by atoms with Gasteiger partial charge in [0.2, 0.25) is 0 Å². The van der Waals surface area contributed by atoms with Crippen LogP contribution in [0.15, 0.2) is 22.9 Å². The van der Waals surface area contributed by atoms with Crippen LogP contribution in [0.5, 0.6) is 0 Å². The summed E-state index contributed by atoms with van der Waals surface area (Å²) in [6, 6.07) is 1.85. The van der Waals surface area contributed by atoms with Crippen LogP contribution in [0.2, 0.25) is 0 Å². The van der Waals surface area contributed by atoms with Gasteiger partial charge in [0.25, 0.3) is 0 Å². The van der Waals surface area contributed by atoms with Crippen molar-refractivity contribution >= 4 is 17.2 Å². The van der Waals surface area contributed by atoms with Gasteiger partial charge in [-0.15, -0.1) is 0 Å². The van der Waals surface area contributed by atoms with Crippen LogP contribution in [0, 0.1) is 5.92 Å². The molecule has 1 saturated heterocycles. The maximum Gasteiger partial charge on any atom is 0.410 e. The van der Waals surface area contributed by atoms with Gasteiger partial charge >= 0.3 is 6.09 Å². The Hall–Kier alpha value is -2.11. The summed E-state index contributed by atoms with van der Waals surface area (Å²) in [5, 5.41) is 0. The van der Waals surface area contributed by atoms with Crippen molar-refractivity contribution in [3.05, 3.63) is 24.4 Å². The SMILES string of the molecule is CC(C)(C)OC(=O)N1CCC(Cc2nc3ccncc3o2)CC1. The number of carbonyl (C=O) groups is 1. The highest BCUT2D eigenvalue weighted by Gasteiger charge is 2.27. The molecule has 1 aliphatic heterocycles. The molecule has 0 aromatic carbocycles. The van der Waals surface area contributed by atoms with E-state index < -0.39 is 5.60 Å². The lowest BCUT2D eigenvalue weighted by Gasteiger charge is -2.33. The second-order valence-electron chi connectivity index (χ2n) is 7.07. The van der Waals surface area contributed by atoms with E-state index in [1.807, 2.05) is 26.8 Å². The van der Waals surface area contributed by atoms with Gasteiger partial charge in [-0.05, 0) is 45.6 Å². The fourth-order valence-corrected chi connectivity index (χ4v) is 2.81. The van der Waals surface area contributed by atoms with Crippen molar-refractivity contribution in [3.63, 3.8) is 0 Å². The topological polar surface area (TPSA) is 68.5 Å². The molecule has 0 saturated carbocycles. The third kappa shape index (κ3) is 4.00. The number of amides is 1. The van der Waals surface area contributed by atoms with Gasteiger partial charge in [-0.25, -0.2) is 9.78 Å². The Morgan fingerprint density at radius 1 is 1.39 bits per heavy atom. The van der Waals surface area contributed by atoms with Crippen LogP contribution in [-0.4, -0.2) is 39.7 Å². The van der Waals surface area contributed by atoms with Gasteiger partial charge in [-0.1, -0.05) is 0 Å². The van der Waals surface area contributed by atoms with E-state index in [2.05, 4.69) is 9.97 Å². The summed E-state index contributed by atoms with van der Waals surface area (Å²) in [5.41, 5.74) is 1.13. The first-order valence-electron chi connectivity index (χ1n) is 8.08. The van der Waals surface area contributed by atoms with E-state index in [-0.39, 0.29) is 6.09 Å². The molecule has 0 atom stereocenters. The van der Waals surface area contributed by atoms with E-state index in [4.69, 9.17) is 9.15 Å². The number of hydrogen-bond donors (Lipinski definition) is 0. The summed E-state index contributed by atoms with van der Waals surface area (Å²) in [4.78, 5) is 22.4. The number of nitrogens with zero attached hydrogens (tertiary/aromatic N) is 3. The first-order chi connectivity index (χ1) is 10.9. The summed E-state index contributed by atoms with van der Waals surface area (Å²) in [7, 11) is 0. The molecule has 1 aliphatic rings. The minimum atomic E-state index is -0.444. The van der Waals surface area contributed by atoms with E-state index in [1.54, 1.807) is 17.3 Å². The molecule has 0 unspecified atom stereocenters. The summed E-state index contributed by atoms with van der Waals surface area (Å²) < 4.78 is 11.2. The highest BCUT2D eigenvalue weighted by atomic mass is 16.6. The molecule has 0 N–H and O–H groups in total. The summed E-state index contributed by atoms with van der Waals surface area (Å²) in [5.74, 6) is 1.23. The van der Waals surface area contributed by atoms with Crippen LogP contribution < -0.4 is 0 Å². The van der Waals surface area contributed by atoms with Crippen LogP contribution in [0.4, 0.5) is 4.79 Å². The number of aromatic nitrogens is 2. The van der Waals surface area contributed by atoms with Crippen LogP contribution >= 0.6 is 0 Å². The van der Waals surface area contributed by atoms with Gasteiger partial charge in [0.1, 0.15) is 11.1 Å². The third-order valence-corrected chi connectivity index (χ3v) is 3.97. The third-order valence-electron chi connectivity index (χ3n) is 3.97. The average molecular weight is 317 g/mol. The number of pyridine rings is 1. The predicted octanol–water partition coefficient (Wildman–Crippen LogP) is 3.41. The fourth-order valence-electron chi connectivity index (χ4n) is 2.81. The number of piperidine rings is 1. The molecule has 1 fully saturated rings. The molecule has 0 spiro atoms. The Morgan fingerprint density at radius 3 is 2.78 bits per heavy atom. The molecule has 0 bridgehead atoms. The molecule has 23 heavy (non-hydrogen) atoms. The molecule has 2 aromatic heterocycles. The molecule has 6 nitrogen and oxygen atoms in total. The standard InChI is InChI=1S/C17H23N3O3/c1-17(2,3)23-16(21)20-8-5-12(6-9-20)10-15-19-13-4-7-18-11-14(13)22-15/h4,7,11-12H,5-6,8-10H2,1-3H3. The molecular formula is C17H23N3O3. The average Bonchev–Trinajstić information content (AvgIpc) is 2.88. The number of carbonyl (C=O) groups excluding carboxylic acids is 1. The lowest BCUT2D eigenvalue weighted by molar-refractivity contribution is 0.0182. The second kappa shape index (κ2) is 6.18. The molecule has 0 radical (unpaired) electrons. The smallest absolute Gasteiger partial charge is 0.410 e. The molecular weight excluding hydrogens is 294 g/mol. The van der Waals surface area contributed by atoms with Gasteiger partial charge in [0.15, 0.2) is 11.5 Å². The van der Waals surface area contributed by atoms with E-state index >= 15 is 0 Å². The van der Waals surface area contributed by atoms with Crippen molar-refractivity contribution in [2.45, 2.75) is 45.6 Å². The van der Waals surface area contributed by atoms with Crippen molar-refractivity contribution in [1.82, 2.24) is 14.9 Å². The van der Waals surface area contributed by atoms with E-state index in [1.165, 1.54) is 0 Å². The summed E-state index contributed by atoms with van der Waals surface area (Å²) in [6.07, 6.45) is 5.87. The molecule has 1 amide bonds. The van der Waals surface area contributed by atoms with Crippen molar-refractivity contribution in [2.75, 3.05) is 13.1 Å². The summed E-state index contributed by atoms with van der Waals surface area (Å²) >= 11 is 0. The summed E-state index contributed by atoms with van der Waals surface area (Å²) in [6.45, 7) is 7.11. The van der Waals surface area contributed by atoms with Crippen molar-refractivity contribution < 1.29 is 13.9 Å². The fraction of sp³-hybridized carbons (Fsp3) is 0.588. The van der Waals surface area contributed by atoms with Crippen LogP contribution in [0.25, 0.3) is 11.1 Å². The Labute approximate surface area is 135 Å². The van der Waals surface area contributed by atoms with Crippen LogP contribution in [0.3, 0.4) is 0 Å². The lowest BCUT2D eigenvalue weighted by atomic mass is 9.94. The van der Waals surface area contributed by atoms with Crippen LogP contribution in [0.1, 0.15) is 39.5 Å². The van der Waals surface area contributed by atoms with E-state index in [9.17, 15) is 4.79 Å². The number of hydrogen-bond acceptors (Lipinski definition) is 5. The van der Waals surface area contributed by atoms with E-state index in [0.717, 1.165) is 49.3 Å². The number of fused-ring (bicyclic) bond motifs is 1. The molecule has 3 heterocycles. The van der Waals surface area contributed by atoms with Gasteiger partial charge in [0, 0.05) is 25.7 Å². The zero-order valence-electron chi connectivity index (χ0n) is 13.9. The number of oxazole rings is 1. The van der Waals surface area contributed by atoms with Crippen molar-refractivity contribution in [1.29, 1.82) is 0 Å². The Morgan fingerprint density at radius 2 is 2.13 bits per heavy atom. The largest absolute Gasteiger partial charge is 0.444 e.